The molecule has 3 fully saturated rings. The molecule has 2 aliphatic carbocycles. The summed E-state index contributed by atoms with van der Waals surface area (Å²) in [6.07, 6.45) is 2.67. The Morgan fingerprint density at radius 2 is 1.62 bits per heavy atom. The zero-order valence-corrected chi connectivity index (χ0v) is 17.8. The van der Waals surface area contributed by atoms with Gasteiger partial charge in [-0.1, -0.05) is 41.9 Å². The van der Waals surface area contributed by atoms with Gasteiger partial charge < -0.3 is 0 Å². The van der Waals surface area contributed by atoms with Crippen molar-refractivity contribution >= 4 is 35.0 Å². The minimum absolute atomic E-state index is 0.119. The van der Waals surface area contributed by atoms with Crippen LogP contribution in [0.5, 0.6) is 0 Å². The number of nitro benzene ring substituents is 1. The SMILES string of the molecule is O=C(c1ccccc1Cl)N(Cc1ccccc1[N+](=O)[O-])N1C(=O)[C@@H]2[C@H]3CC[C@@H](C3)[C@@H]2C1=O. The molecule has 0 radical (unpaired) electrons. The average molecular weight is 454 g/mol. The molecular weight excluding hydrogens is 434 g/mol. The lowest BCUT2D eigenvalue weighted by molar-refractivity contribution is -0.385. The maximum atomic E-state index is 13.6. The molecule has 9 heteroatoms. The summed E-state index contributed by atoms with van der Waals surface area (Å²) in [6.45, 7) is -0.298. The lowest BCUT2D eigenvalue weighted by atomic mass is 9.81. The second-order valence-electron chi connectivity index (χ2n) is 8.60. The topological polar surface area (TPSA) is 101 Å². The zero-order valence-electron chi connectivity index (χ0n) is 17.0. The van der Waals surface area contributed by atoms with Crippen molar-refractivity contribution in [1.29, 1.82) is 0 Å². The van der Waals surface area contributed by atoms with Crippen molar-refractivity contribution in [2.24, 2.45) is 23.7 Å². The monoisotopic (exact) mass is 453 g/mol. The smallest absolute Gasteiger partial charge is 0.272 e. The third kappa shape index (κ3) is 3.09. The van der Waals surface area contributed by atoms with Crippen LogP contribution in [-0.4, -0.2) is 32.7 Å². The molecular formula is C23H20ClN3O5. The van der Waals surface area contributed by atoms with Crippen molar-refractivity contribution in [3.05, 3.63) is 74.8 Å². The molecule has 0 N–H and O–H groups in total. The van der Waals surface area contributed by atoms with Gasteiger partial charge in [-0.3, -0.25) is 24.5 Å². The van der Waals surface area contributed by atoms with E-state index in [2.05, 4.69) is 0 Å². The van der Waals surface area contributed by atoms with Crippen LogP contribution in [0.15, 0.2) is 48.5 Å². The van der Waals surface area contributed by atoms with Crippen LogP contribution < -0.4 is 0 Å². The molecule has 4 atom stereocenters. The molecule has 5 rings (SSSR count). The van der Waals surface area contributed by atoms with Crippen LogP contribution in [0.2, 0.25) is 5.02 Å². The molecule has 1 saturated heterocycles. The predicted octanol–water partition coefficient (Wildman–Crippen LogP) is 3.84. The van der Waals surface area contributed by atoms with Crippen LogP contribution in [0.1, 0.15) is 35.2 Å². The van der Waals surface area contributed by atoms with Crippen molar-refractivity contribution in [2.75, 3.05) is 0 Å². The summed E-state index contributed by atoms with van der Waals surface area (Å²) in [4.78, 5) is 51.3. The fourth-order valence-electron chi connectivity index (χ4n) is 5.62. The Balaban J connectivity index is 1.57. The predicted molar refractivity (Wildman–Crippen MR) is 114 cm³/mol. The molecule has 1 heterocycles. The normalized spacial score (nSPS) is 25.8. The van der Waals surface area contributed by atoms with Crippen LogP contribution in [-0.2, 0) is 16.1 Å². The van der Waals surface area contributed by atoms with Gasteiger partial charge in [-0.25, -0.2) is 5.01 Å². The maximum absolute atomic E-state index is 13.6. The van der Waals surface area contributed by atoms with Gasteiger partial charge >= 0.3 is 0 Å². The highest BCUT2D eigenvalue weighted by atomic mass is 35.5. The van der Waals surface area contributed by atoms with Crippen molar-refractivity contribution in [1.82, 2.24) is 10.0 Å². The van der Waals surface area contributed by atoms with Gasteiger partial charge in [-0.05, 0) is 43.2 Å². The highest BCUT2D eigenvalue weighted by molar-refractivity contribution is 6.33. The number of nitrogens with zero attached hydrogens (tertiary/aromatic N) is 3. The summed E-state index contributed by atoms with van der Waals surface area (Å²) < 4.78 is 0. The molecule has 0 aromatic heterocycles. The molecule has 0 spiro atoms. The lowest BCUT2D eigenvalue weighted by Crippen LogP contribution is -2.50. The van der Waals surface area contributed by atoms with Gasteiger partial charge in [0.25, 0.3) is 23.4 Å². The first-order chi connectivity index (χ1) is 15.4. The van der Waals surface area contributed by atoms with Crippen molar-refractivity contribution in [3.8, 4) is 0 Å². The number of hydrogen-bond acceptors (Lipinski definition) is 5. The third-order valence-corrected chi connectivity index (χ3v) is 7.32. The van der Waals surface area contributed by atoms with E-state index < -0.39 is 34.5 Å². The Bertz CT molecular complexity index is 1120. The Morgan fingerprint density at radius 1 is 1.03 bits per heavy atom. The van der Waals surface area contributed by atoms with Gasteiger partial charge in [0.2, 0.25) is 0 Å². The van der Waals surface area contributed by atoms with Gasteiger partial charge in [0.1, 0.15) is 0 Å². The summed E-state index contributed by atoms with van der Waals surface area (Å²) in [5, 5.41) is 13.7. The number of para-hydroxylation sites is 1. The van der Waals surface area contributed by atoms with Crippen LogP contribution in [0, 0.1) is 33.8 Å². The zero-order chi connectivity index (χ0) is 22.6. The molecule has 3 aliphatic rings. The molecule has 2 saturated carbocycles. The van der Waals surface area contributed by atoms with Gasteiger partial charge in [-0.15, -0.1) is 0 Å². The summed E-state index contributed by atoms with van der Waals surface area (Å²) in [7, 11) is 0. The number of benzene rings is 2. The van der Waals surface area contributed by atoms with Crippen LogP contribution in [0.25, 0.3) is 0 Å². The minimum atomic E-state index is -0.650. The number of nitro groups is 1. The van der Waals surface area contributed by atoms with E-state index in [1.807, 2.05) is 0 Å². The Morgan fingerprint density at radius 3 is 2.25 bits per heavy atom. The summed E-state index contributed by atoms with van der Waals surface area (Å²) in [5.41, 5.74) is 0.149. The van der Waals surface area contributed by atoms with Crippen LogP contribution in [0.3, 0.4) is 0 Å². The number of hydrazine groups is 1. The van der Waals surface area contributed by atoms with Gasteiger partial charge in [0.15, 0.2) is 0 Å². The average Bonchev–Trinajstić information content (AvgIpc) is 3.46. The number of rotatable bonds is 5. The van der Waals surface area contributed by atoms with E-state index in [9.17, 15) is 24.5 Å². The molecule has 2 aromatic rings. The second-order valence-corrected chi connectivity index (χ2v) is 9.01. The Hall–Kier alpha value is -3.26. The van der Waals surface area contributed by atoms with E-state index in [1.54, 1.807) is 24.3 Å². The molecule has 3 amide bonds. The minimum Gasteiger partial charge on any atom is -0.272 e. The summed E-state index contributed by atoms with van der Waals surface area (Å²) in [6, 6.07) is 12.3. The molecule has 0 unspecified atom stereocenters. The van der Waals surface area contributed by atoms with E-state index in [4.69, 9.17) is 11.6 Å². The molecule has 8 nitrogen and oxygen atoms in total. The molecule has 2 bridgehead atoms. The van der Waals surface area contributed by atoms with Crippen molar-refractivity contribution < 1.29 is 19.3 Å². The standard InChI is InChI=1S/C23H20ClN3O5/c24-17-7-3-2-6-16(17)21(28)25(12-15-5-1-4-8-18(15)27(31)32)26-22(29)19-13-9-10-14(11-13)20(19)23(26)30/h1-8,13-14,19-20H,9-12H2/t13-,14-,19-,20+/m0/s1. The van der Waals surface area contributed by atoms with E-state index >= 15 is 0 Å². The first kappa shape index (κ1) is 20.6. The first-order valence-corrected chi connectivity index (χ1v) is 10.9. The number of fused-ring (bicyclic) bond motifs is 5. The largest absolute Gasteiger partial charge is 0.274 e. The molecule has 164 valence electrons. The third-order valence-electron chi connectivity index (χ3n) is 6.99. The molecule has 1 aliphatic heterocycles. The van der Waals surface area contributed by atoms with E-state index in [1.165, 1.54) is 24.3 Å². The van der Waals surface area contributed by atoms with Gasteiger partial charge in [-0.2, -0.15) is 5.01 Å². The number of hydrogen-bond donors (Lipinski definition) is 0. The molecule has 32 heavy (non-hydrogen) atoms. The lowest BCUT2D eigenvalue weighted by Gasteiger charge is -2.31. The number of imide groups is 1. The van der Waals surface area contributed by atoms with Crippen LogP contribution in [0.4, 0.5) is 5.69 Å². The van der Waals surface area contributed by atoms with E-state index in [0.29, 0.717) is 0 Å². The summed E-state index contributed by atoms with van der Waals surface area (Å²) >= 11 is 6.24. The molecule has 2 aromatic carbocycles. The number of amides is 3. The second kappa shape index (κ2) is 7.70. The first-order valence-electron chi connectivity index (χ1n) is 10.5. The quantitative estimate of drug-likeness (QED) is 0.389. The number of carbonyl (C=O) groups excluding carboxylic acids is 3. The fraction of sp³-hybridized carbons (Fsp3) is 0.348. The van der Waals surface area contributed by atoms with Crippen molar-refractivity contribution in [2.45, 2.75) is 25.8 Å². The Kier molecular flexibility index (Phi) is 4.97. The Labute approximate surface area is 188 Å². The van der Waals surface area contributed by atoms with E-state index in [0.717, 1.165) is 29.3 Å². The van der Waals surface area contributed by atoms with Gasteiger partial charge in [0.05, 0.1) is 39.5 Å². The van der Waals surface area contributed by atoms with E-state index in [-0.39, 0.29) is 40.2 Å². The van der Waals surface area contributed by atoms with Crippen LogP contribution >= 0.6 is 11.6 Å². The van der Waals surface area contributed by atoms with Crippen molar-refractivity contribution in [3.63, 3.8) is 0 Å². The number of halogens is 1. The summed E-state index contributed by atoms with van der Waals surface area (Å²) in [5.74, 6) is -1.99. The number of carbonyl (C=O) groups is 3. The highest BCUT2D eigenvalue weighted by Crippen LogP contribution is 2.56. The van der Waals surface area contributed by atoms with Gasteiger partial charge in [0, 0.05) is 6.07 Å². The highest BCUT2D eigenvalue weighted by Gasteiger charge is 2.62. The maximum Gasteiger partial charge on any atom is 0.274 e. The fourth-order valence-corrected chi connectivity index (χ4v) is 5.84.